The summed E-state index contributed by atoms with van der Waals surface area (Å²) in [5.41, 5.74) is 5.30. The summed E-state index contributed by atoms with van der Waals surface area (Å²) in [5.74, 6) is -0.0359. The van der Waals surface area contributed by atoms with Crippen LogP contribution in [0.15, 0.2) is 6.20 Å². The van der Waals surface area contributed by atoms with E-state index >= 15 is 0 Å². The zero-order valence-electron chi connectivity index (χ0n) is 8.20. The first-order valence-electron chi connectivity index (χ1n) is 4.29. The number of hydrogen-bond donors (Lipinski definition) is 2. The van der Waals surface area contributed by atoms with Gasteiger partial charge in [0.2, 0.25) is 0 Å². The molecule has 0 aliphatic carbocycles. The van der Waals surface area contributed by atoms with Crippen molar-refractivity contribution in [1.29, 1.82) is 0 Å². The molecule has 0 saturated carbocycles. The Kier molecular flexibility index (Phi) is 3.93. The van der Waals surface area contributed by atoms with E-state index in [1.54, 1.807) is 0 Å². The lowest BCUT2D eigenvalue weighted by atomic mass is 10.1. The Hall–Kier alpha value is -1.27. The maximum Gasteiger partial charge on any atom is 0.267 e. The number of halogens is 2. The van der Waals surface area contributed by atoms with Gasteiger partial charge in [0.1, 0.15) is 5.75 Å². The summed E-state index contributed by atoms with van der Waals surface area (Å²) in [7, 11) is 1.27. The van der Waals surface area contributed by atoms with E-state index in [1.807, 2.05) is 0 Å². The van der Waals surface area contributed by atoms with E-state index in [-0.39, 0.29) is 29.1 Å². The molecule has 0 atom stereocenters. The molecule has 84 valence electrons. The molecule has 0 spiro atoms. The van der Waals surface area contributed by atoms with Gasteiger partial charge in [0, 0.05) is 12.1 Å². The monoisotopic (exact) mass is 218 g/mol. The van der Waals surface area contributed by atoms with Gasteiger partial charge >= 0.3 is 0 Å². The van der Waals surface area contributed by atoms with E-state index < -0.39 is 13.0 Å². The Morgan fingerprint density at radius 1 is 1.60 bits per heavy atom. The van der Waals surface area contributed by atoms with Crippen LogP contribution in [0, 0.1) is 0 Å². The number of hydrogen-bond acceptors (Lipinski definition) is 4. The van der Waals surface area contributed by atoms with Crippen molar-refractivity contribution in [1.82, 2.24) is 4.98 Å². The maximum absolute atomic E-state index is 12.7. The van der Waals surface area contributed by atoms with Crippen molar-refractivity contribution in [3.05, 3.63) is 23.0 Å². The molecule has 0 amide bonds. The number of alkyl halides is 2. The second-order valence-electron chi connectivity index (χ2n) is 2.83. The third kappa shape index (κ3) is 2.21. The van der Waals surface area contributed by atoms with Gasteiger partial charge in [0.15, 0.2) is 0 Å². The number of aromatic nitrogens is 1. The smallest absolute Gasteiger partial charge is 0.267 e. The van der Waals surface area contributed by atoms with Gasteiger partial charge in [-0.3, -0.25) is 4.98 Å². The quantitative estimate of drug-likeness (QED) is 0.790. The average molecular weight is 218 g/mol. The first-order chi connectivity index (χ1) is 7.15. The van der Waals surface area contributed by atoms with E-state index in [0.29, 0.717) is 0 Å². The molecule has 0 fully saturated rings. The van der Waals surface area contributed by atoms with E-state index in [1.165, 1.54) is 13.3 Å². The summed E-state index contributed by atoms with van der Waals surface area (Å²) in [6.45, 7) is -0.532. The first kappa shape index (κ1) is 11.8. The lowest BCUT2D eigenvalue weighted by Crippen LogP contribution is -2.09. The van der Waals surface area contributed by atoms with Crippen LogP contribution < -0.4 is 10.5 Å². The maximum atomic E-state index is 12.7. The molecule has 0 aliphatic heterocycles. The number of nitrogens with zero attached hydrogens (tertiary/aromatic N) is 1. The molecule has 1 heterocycles. The van der Waals surface area contributed by atoms with Gasteiger partial charge in [0.25, 0.3) is 6.43 Å². The number of nitrogens with two attached hydrogens (primary N) is 1. The minimum atomic E-state index is -2.73. The summed E-state index contributed by atoms with van der Waals surface area (Å²) < 4.78 is 30.2. The van der Waals surface area contributed by atoms with Gasteiger partial charge in [-0.1, -0.05) is 0 Å². The molecule has 0 saturated heterocycles. The molecular weight excluding hydrogens is 206 g/mol. The fourth-order valence-electron chi connectivity index (χ4n) is 1.34. The Morgan fingerprint density at radius 3 is 2.67 bits per heavy atom. The Bertz CT molecular complexity index is 345. The molecule has 0 aliphatic rings. The highest BCUT2D eigenvalue weighted by molar-refractivity contribution is 5.41. The van der Waals surface area contributed by atoms with Gasteiger partial charge in [-0.2, -0.15) is 0 Å². The van der Waals surface area contributed by atoms with Crippen LogP contribution >= 0.6 is 0 Å². The first-order valence-corrected chi connectivity index (χ1v) is 4.29. The zero-order chi connectivity index (χ0) is 11.4. The van der Waals surface area contributed by atoms with E-state index in [0.717, 1.165) is 0 Å². The average Bonchev–Trinajstić information content (AvgIpc) is 2.26. The number of aliphatic hydroxyl groups excluding tert-OH is 1. The van der Waals surface area contributed by atoms with Crippen LogP contribution in [0.25, 0.3) is 0 Å². The van der Waals surface area contributed by atoms with E-state index in [2.05, 4.69) is 4.98 Å². The minimum absolute atomic E-state index is 0.000389. The highest BCUT2D eigenvalue weighted by Gasteiger charge is 2.21. The second kappa shape index (κ2) is 4.99. The third-order valence-corrected chi connectivity index (χ3v) is 2.07. The van der Waals surface area contributed by atoms with Gasteiger partial charge in [-0.15, -0.1) is 0 Å². The largest absolute Gasteiger partial charge is 0.495 e. The molecule has 0 unspecified atom stereocenters. The van der Waals surface area contributed by atoms with Gasteiger partial charge < -0.3 is 15.6 Å². The van der Waals surface area contributed by atoms with Gasteiger partial charge in [-0.25, -0.2) is 8.78 Å². The summed E-state index contributed by atoms with van der Waals surface area (Å²) in [6, 6.07) is 0. The third-order valence-electron chi connectivity index (χ3n) is 2.07. The molecule has 3 N–H and O–H groups in total. The van der Waals surface area contributed by atoms with Crippen LogP contribution in [0.4, 0.5) is 8.78 Å². The molecule has 6 heteroatoms. The zero-order valence-corrected chi connectivity index (χ0v) is 8.20. The van der Waals surface area contributed by atoms with Crippen LogP contribution in [0.5, 0.6) is 5.75 Å². The molecule has 4 nitrogen and oxygen atoms in total. The number of aliphatic hydroxyl groups is 1. The topological polar surface area (TPSA) is 68.4 Å². The highest BCUT2D eigenvalue weighted by atomic mass is 19.3. The molecule has 1 rings (SSSR count). The molecule has 15 heavy (non-hydrogen) atoms. The minimum Gasteiger partial charge on any atom is -0.495 e. The summed E-state index contributed by atoms with van der Waals surface area (Å²) in [5, 5.41) is 9.01. The highest BCUT2D eigenvalue weighted by Crippen LogP contribution is 2.32. The normalized spacial score (nSPS) is 10.8. The van der Waals surface area contributed by atoms with Crippen LogP contribution in [0.3, 0.4) is 0 Å². The summed E-state index contributed by atoms with van der Waals surface area (Å²) >= 11 is 0. The molecule has 0 radical (unpaired) electrons. The van der Waals surface area contributed by atoms with Crippen LogP contribution in [0.2, 0.25) is 0 Å². The van der Waals surface area contributed by atoms with Crippen molar-refractivity contribution in [2.75, 3.05) is 7.11 Å². The van der Waals surface area contributed by atoms with Gasteiger partial charge in [-0.05, 0) is 0 Å². The standard InChI is InChI=1S/C9H12F2N2O2/c1-15-7-3-13-6(2-12)5(4-14)8(7)9(10)11/h3,9,14H,2,4,12H2,1H3. The van der Waals surface area contributed by atoms with Crippen molar-refractivity contribution in [2.45, 2.75) is 19.6 Å². The number of rotatable bonds is 4. The SMILES string of the molecule is COc1cnc(CN)c(CO)c1C(F)F. The molecule has 1 aromatic rings. The van der Waals surface area contributed by atoms with Crippen molar-refractivity contribution in [3.63, 3.8) is 0 Å². The number of ether oxygens (including phenoxy) is 1. The second-order valence-corrected chi connectivity index (χ2v) is 2.83. The fourth-order valence-corrected chi connectivity index (χ4v) is 1.34. The Morgan fingerprint density at radius 2 is 2.27 bits per heavy atom. The van der Waals surface area contributed by atoms with Crippen molar-refractivity contribution < 1.29 is 18.6 Å². The van der Waals surface area contributed by atoms with E-state index in [4.69, 9.17) is 15.6 Å². The van der Waals surface area contributed by atoms with Gasteiger partial charge in [0.05, 0.1) is 31.2 Å². The summed E-state index contributed by atoms with van der Waals surface area (Å²) in [4.78, 5) is 3.84. The number of methoxy groups -OCH3 is 1. The Labute approximate surface area is 85.7 Å². The molecule has 0 aromatic carbocycles. The summed E-state index contributed by atoms with van der Waals surface area (Å²) in [6.07, 6.45) is -1.54. The molecular formula is C9H12F2N2O2. The van der Waals surface area contributed by atoms with E-state index in [9.17, 15) is 8.78 Å². The van der Waals surface area contributed by atoms with Crippen molar-refractivity contribution in [2.24, 2.45) is 5.73 Å². The fraction of sp³-hybridized carbons (Fsp3) is 0.444. The molecule has 0 bridgehead atoms. The lowest BCUT2D eigenvalue weighted by molar-refractivity contribution is 0.142. The lowest BCUT2D eigenvalue weighted by Gasteiger charge is -2.14. The predicted octanol–water partition coefficient (Wildman–Crippen LogP) is 0.979. The molecule has 1 aromatic heterocycles. The van der Waals surface area contributed by atoms with Crippen LogP contribution in [0.1, 0.15) is 23.2 Å². The van der Waals surface area contributed by atoms with Crippen molar-refractivity contribution >= 4 is 0 Å². The van der Waals surface area contributed by atoms with Crippen molar-refractivity contribution in [3.8, 4) is 5.75 Å². The Balaban J connectivity index is 3.37. The van der Waals surface area contributed by atoms with Crippen LogP contribution in [-0.4, -0.2) is 17.2 Å². The number of pyridine rings is 1. The van der Waals surface area contributed by atoms with Crippen LogP contribution in [-0.2, 0) is 13.2 Å². The predicted molar refractivity (Wildman–Crippen MR) is 49.6 cm³/mol.